The highest BCUT2D eigenvalue weighted by Crippen LogP contribution is 2.30. The van der Waals surface area contributed by atoms with E-state index in [1.54, 1.807) is 6.08 Å². The summed E-state index contributed by atoms with van der Waals surface area (Å²) < 4.78 is 22.9. The van der Waals surface area contributed by atoms with Gasteiger partial charge in [-0.15, -0.1) is 0 Å². The van der Waals surface area contributed by atoms with E-state index in [-0.39, 0.29) is 18.9 Å². The van der Waals surface area contributed by atoms with Gasteiger partial charge in [-0.2, -0.15) is 0 Å². The Morgan fingerprint density at radius 3 is 1.15 bits per heavy atom. The second-order valence-corrected chi connectivity index (χ2v) is 26.1. The third kappa shape index (κ3) is 42.2. The lowest BCUT2D eigenvalue weighted by atomic mass is 9.97. The lowest BCUT2D eigenvalue weighted by molar-refractivity contribution is -0.359. The SMILES string of the molecule is CCCCCCC/C=C\C/C=C\C/C=C\CCCCCCCCCCCCCCCCCCCCC(=O)NC(COC1OC(CO)C(OC2OC(CO)C(O)C(O)C2O)C(O)C1O)C(O)/C=C/CCCCCCCCCCCCCCCCCCCCC. The van der Waals surface area contributed by atoms with Gasteiger partial charge in [-0.25, -0.2) is 0 Å². The summed E-state index contributed by atoms with van der Waals surface area (Å²) in [6.07, 6.45) is 60.3. The molecule has 2 aliphatic heterocycles. The smallest absolute Gasteiger partial charge is 0.220 e. The summed E-state index contributed by atoms with van der Waals surface area (Å²) in [7, 11) is 0. The number of hydrogen-bond acceptors (Lipinski definition) is 13. The van der Waals surface area contributed by atoms with Crippen LogP contribution in [-0.2, 0) is 23.7 Å². The van der Waals surface area contributed by atoms with Crippen molar-refractivity contribution in [3.63, 3.8) is 0 Å². The van der Waals surface area contributed by atoms with E-state index < -0.39 is 86.8 Å². The van der Waals surface area contributed by atoms with Crippen molar-refractivity contribution < 1.29 is 64.6 Å². The predicted octanol–water partition coefficient (Wildman–Crippen LogP) is 15.5. The van der Waals surface area contributed by atoms with Gasteiger partial charge < -0.3 is 65.1 Å². The average Bonchev–Trinajstić information content (AvgIpc) is 2.07. The third-order valence-electron chi connectivity index (χ3n) is 18.0. The maximum absolute atomic E-state index is 13.3. The van der Waals surface area contributed by atoms with Gasteiger partial charge in [0, 0.05) is 6.42 Å². The molecule has 0 spiro atoms. The minimum atomic E-state index is -1.79. The number of aliphatic hydroxyl groups is 8. The Balaban J connectivity index is 1.64. The van der Waals surface area contributed by atoms with Crippen molar-refractivity contribution in [1.29, 1.82) is 0 Å². The van der Waals surface area contributed by atoms with E-state index in [4.69, 9.17) is 18.9 Å². The van der Waals surface area contributed by atoms with Crippen LogP contribution in [0.2, 0.25) is 0 Å². The molecule has 1 amide bonds. The molecule has 2 saturated heterocycles. The van der Waals surface area contributed by atoms with Crippen molar-refractivity contribution in [3.8, 4) is 0 Å². The van der Waals surface area contributed by atoms with E-state index >= 15 is 0 Å². The van der Waals surface area contributed by atoms with Gasteiger partial charge in [-0.3, -0.25) is 4.79 Å². The van der Waals surface area contributed by atoms with Gasteiger partial charge in [0.2, 0.25) is 5.91 Å². The largest absolute Gasteiger partial charge is 0.394 e. The monoisotopic (exact) mass is 1250 g/mol. The molecule has 12 atom stereocenters. The summed E-state index contributed by atoms with van der Waals surface area (Å²) in [6, 6.07) is -0.915. The number of aliphatic hydroxyl groups excluding tert-OH is 8. The second kappa shape index (κ2) is 58.7. The fourth-order valence-corrected chi connectivity index (χ4v) is 12.1. The Morgan fingerprint density at radius 2 is 0.750 bits per heavy atom. The number of allylic oxidation sites excluding steroid dienone is 7. The number of carbonyl (C=O) groups is 1. The molecule has 88 heavy (non-hydrogen) atoms. The molecule has 0 radical (unpaired) electrons. The Labute approximate surface area is 537 Å². The maximum atomic E-state index is 13.3. The molecule has 2 aliphatic rings. The number of nitrogens with one attached hydrogen (secondary N) is 1. The molecule has 0 aromatic carbocycles. The normalized spacial score (nSPS) is 23.4. The van der Waals surface area contributed by atoms with E-state index in [0.29, 0.717) is 6.42 Å². The highest BCUT2D eigenvalue weighted by atomic mass is 16.7. The molecule has 0 aliphatic carbocycles. The van der Waals surface area contributed by atoms with E-state index in [2.05, 4.69) is 55.6 Å². The molecule has 0 saturated carbocycles. The van der Waals surface area contributed by atoms with Gasteiger partial charge >= 0.3 is 0 Å². The molecule has 12 unspecified atom stereocenters. The van der Waals surface area contributed by atoms with E-state index in [9.17, 15) is 45.6 Å². The van der Waals surface area contributed by atoms with Crippen molar-refractivity contribution in [2.24, 2.45) is 0 Å². The minimum absolute atomic E-state index is 0.234. The summed E-state index contributed by atoms with van der Waals surface area (Å²) in [5.41, 5.74) is 0. The number of rotatable bonds is 61. The van der Waals surface area contributed by atoms with Crippen LogP contribution in [0.25, 0.3) is 0 Å². The zero-order valence-electron chi connectivity index (χ0n) is 56.2. The predicted molar refractivity (Wildman–Crippen MR) is 360 cm³/mol. The molecule has 2 fully saturated rings. The number of amides is 1. The quantitative estimate of drug-likeness (QED) is 0.0204. The van der Waals surface area contributed by atoms with Crippen LogP contribution in [0.1, 0.15) is 322 Å². The summed E-state index contributed by atoms with van der Waals surface area (Å²) in [6.45, 7) is 2.83. The van der Waals surface area contributed by atoms with Crippen LogP contribution < -0.4 is 5.32 Å². The van der Waals surface area contributed by atoms with Crippen molar-refractivity contribution >= 4 is 5.91 Å². The van der Waals surface area contributed by atoms with E-state index in [1.165, 1.54) is 244 Å². The molecule has 2 heterocycles. The van der Waals surface area contributed by atoms with Gasteiger partial charge in [-0.05, 0) is 57.8 Å². The molecule has 14 nitrogen and oxygen atoms in total. The summed E-state index contributed by atoms with van der Waals surface area (Å²) in [5.74, 6) is -0.234. The fourth-order valence-electron chi connectivity index (χ4n) is 12.1. The first-order valence-corrected chi connectivity index (χ1v) is 36.9. The first-order valence-electron chi connectivity index (χ1n) is 36.9. The van der Waals surface area contributed by atoms with Gasteiger partial charge in [0.05, 0.1) is 32.0 Å². The van der Waals surface area contributed by atoms with Crippen LogP contribution in [-0.4, -0.2) is 140 Å². The molecule has 0 bridgehead atoms. The number of hydrogen-bond donors (Lipinski definition) is 9. The third-order valence-corrected chi connectivity index (χ3v) is 18.0. The van der Waals surface area contributed by atoms with Gasteiger partial charge in [0.25, 0.3) is 0 Å². The van der Waals surface area contributed by atoms with Crippen LogP contribution in [0.15, 0.2) is 48.6 Å². The number of ether oxygens (including phenoxy) is 4. The Morgan fingerprint density at radius 1 is 0.409 bits per heavy atom. The summed E-state index contributed by atoms with van der Waals surface area (Å²) >= 11 is 0. The molecule has 0 aromatic heterocycles. The van der Waals surface area contributed by atoms with E-state index in [0.717, 1.165) is 51.4 Å². The second-order valence-electron chi connectivity index (χ2n) is 26.1. The van der Waals surface area contributed by atoms with Crippen LogP contribution in [0.5, 0.6) is 0 Å². The topological polar surface area (TPSA) is 228 Å². The Hall–Kier alpha value is -2.05. The lowest BCUT2D eigenvalue weighted by Crippen LogP contribution is -2.65. The summed E-state index contributed by atoms with van der Waals surface area (Å²) in [5, 5.41) is 87.5. The van der Waals surface area contributed by atoms with Gasteiger partial charge in [0.1, 0.15) is 48.8 Å². The van der Waals surface area contributed by atoms with E-state index in [1.807, 2.05) is 6.08 Å². The molecule has 9 N–H and O–H groups in total. The fraction of sp³-hybridized carbons (Fsp3) is 0.878. The molecule has 2 rings (SSSR count). The standard InChI is InChI=1S/C74H137NO13/c1-3-5-7-9-11-13-15-17-19-21-23-25-26-27-28-29-30-31-32-33-34-35-36-38-40-42-44-46-48-50-52-54-56-58-66(79)75-62(63(78)57-55-53-51-49-47-45-43-41-39-37-24-22-20-18-16-14-12-10-8-6-4-2)61-85-73-71(84)69(82)72(65(60-77)87-73)88-74-70(83)68(81)67(80)64(59-76)86-74/h15,17,21,23,26-27,55,57,62-65,67-74,76-78,80-84H,3-14,16,18-20,22,24-25,28-54,56,58-61H2,1-2H3,(H,75,79)/b17-15-,23-21-,27-26-,57-55+. The first kappa shape index (κ1) is 82.0. The van der Waals surface area contributed by atoms with Gasteiger partial charge in [-0.1, -0.05) is 306 Å². The van der Waals surface area contributed by atoms with Crippen LogP contribution in [0, 0.1) is 0 Å². The van der Waals surface area contributed by atoms with Crippen molar-refractivity contribution in [1.82, 2.24) is 5.32 Å². The molecular weight excluding hydrogens is 1110 g/mol. The van der Waals surface area contributed by atoms with Crippen molar-refractivity contribution in [2.75, 3.05) is 19.8 Å². The lowest BCUT2D eigenvalue weighted by Gasteiger charge is -2.46. The Bertz CT molecular complexity index is 1660. The minimum Gasteiger partial charge on any atom is -0.394 e. The first-order chi connectivity index (χ1) is 43.1. The zero-order chi connectivity index (χ0) is 63.8. The average molecular weight is 1250 g/mol. The highest BCUT2D eigenvalue weighted by molar-refractivity contribution is 5.76. The zero-order valence-corrected chi connectivity index (χ0v) is 56.2. The molecule has 516 valence electrons. The Kier molecular flexibility index (Phi) is 54.8. The van der Waals surface area contributed by atoms with Crippen LogP contribution in [0.4, 0.5) is 0 Å². The number of unbranched alkanes of at least 4 members (excludes halogenated alkanes) is 42. The van der Waals surface area contributed by atoms with Crippen LogP contribution >= 0.6 is 0 Å². The van der Waals surface area contributed by atoms with Crippen LogP contribution in [0.3, 0.4) is 0 Å². The van der Waals surface area contributed by atoms with Crippen molar-refractivity contribution in [2.45, 2.75) is 396 Å². The molecular formula is C74H137NO13. The molecule has 0 aromatic rings. The maximum Gasteiger partial charge on any atom is 0.220 e. The summed E-state index contributed by atoms with van der Waals surface area (Å²) in [4.78, 5) is 13.3. The van der Waals surface area contributed by atoms with Gasteiger partial charge in [0.15, 0.2) is 12.6 Å². The highest BCUT2D eigenvalue weighted by Gasteiger charge is 2.51. The van der Waals surface area contributed by atoms with Crippen molar-refractivity contribution in [3.05, 3.63) is 48.6 Å². The molecule has 14 heteroatoms. The number of carbonyl (C=O) groups excluding carboxylic acids is 1.